The summed E-state index contributed by atoms with van der Waals surface area (Å²) in [5.41, 5.74) is 8.39. The molecular weight excluding hydrogens is 262 g/mol. The molecule has 2 N–H and O–H groups in total. The average molecular weight is 275 g/mol. The number of para-hydroxylation sites is 1. The first-order valence-electron chi connectivity index (χ1n) is 6.76. The van der Waals surface area contributed by atoms with Crippen LogP contribution in [0.5, 0.6) is 0 Å². The van der Waals surface area contributed by atoms with Gasteiger partial charge >= 0.3 is 0 Å². The number of rotatable bonds is 2. The molecule has 0 saturated carbocycles. The molecule has 0 bridgehead atoms. The number of hydrogen-bond acceptors (Lipinski definition) is 4. The third-order valence-electron chi connectivity index (χ3n) is 3.53. The summed E-state index contributed by atoms with van der Waals surface area (Å²) in [6.45, 7) is 0.393. The maximum absolute atomic E-state index is 5.77. The van der Waals surface area contributed by atoms with Crippen LogP contribution in [0, 0.1) is 0 Å². The standard InChI is InChI=1S/C16H13N5/c17-10-12-9-11-5-1-2-6-13(11)16(18-12)21-15-8-4-3-7-14(15)19-20-21/h1-9H,10,17H2. The highest BCUT2D eigenvalue weighted by Gasteiger charge is 2.11. The molecule has 0 amide bonds. The van der Waals surface area contributed by atoms with Crippen molar-refractivity contribution in [3.63, 3.8) is 0 Å². The molecule has 102 valence electrons. The summed E-state index contributed by atoms with van der Waals surface area (Å²) < 4.78 is 1.77. The Kier molecular flexibility index (Phi) is 2.65. The summed E-state index contributed by atoms with van der Waals surface area (Å²) in [6.07, 6.45) is 0. The van der Waals surface area contributed by atoms with Crippen molar-refractivity contribution in [2.24, 2.45) is 5.73 Å². The lowest BCUT2D eigenvalue weighted by atomic mass is 10.1. The van der Waals surface area contributed by atoms with E-state index in [0.29, 0.717) is 6.54 Å². The normalized spacial score (nSPS) is 11.3. The second-order valence-electron chi connectivity index (χ2n) is 4.85. The molecule has 0 aliphatic carbocycles. The van der Waals surface area contributed by atoms with Gasteiger partial charge in [-0.1, -0.05) is 41.6 Å². The molecule has 0 aliphatic rings. The van der Waals surface area contributed by atoms with Crippen LogP contribution in [0.2, 0.25) is 0 Å². The first kappa shape index (κ1) is 12.0. The number of pyridine rings is 1. The zero-order chi connectivity index (χ0) is 14.2. The van der Waals surface area contributed by atoms with Gasteiger partial charge in [0.25, 0.3) is 0 Å². The Morgan fingerprint density at radius 1 is 1.00 bits per heavy atom. The Bertz CT molecular complexity index is 942. The molecule has 5 nitrogen and oxygen atoms in total. The first-order chi connectivity index (χ1) is 10.4. The third-order valence-corrected chi connectivity index (χ3v) is 3.53. The zero-order valence-corrected chi connectivity index (χ0v) is 11.3. The quantitative estimate of drug-likeness (QED) is 0.610. The van der Waals surface area contributed by atoms with E-state index in [0.717, 1.165) is 33.3 Å². The topological polar surface area (TPSA) is 69.6 Å². The first-order valence-corrected chi connectivity index (χ1v) is 6.76. The molecular formula is C16H13N5. The van der Waals surface area contributed by atoms with Crippen molar-refractivity contribution in [3.05, 3.63) is 60.3 Å². The zero-order valence-electron chi connectivity index (χ0n) is 11.3. The summed E-state index contributed by atoms with van der Waals surface area (Å²) in [4.78, 5) is 4.65. The highest BCUT2D eigenvalue weighted by molar-refractivity contribution is 5.90. The molecule has 4 rings (SSSR count). The molecule has 0 aliphatic heterocycles. The molecule has 2 heterocycles. The van der Waals surface area contributed by atoms with Gasteiger partial charge in [-0.15, -0.1) is 5.10 Å². The molecule has 21 heavy (non-hydrogen) atoms. The van der Waals surface area contributed by atoms with E-state index >= 15 is 0 Å². The Morgan fingerprint density at radius 2 is 1.81 bits per heavy atom. The molecule has 0 radical (unpaired) electrons. The Labute approximate surface area is 121 Å². The van der Waals surface area contributed by atoms with Crippen LogP contribution >= 0.6 is 0 Å². The average Bonchev–Trinajstić information content (AvgIpc) is 2.97. The van der Waals surface area contributed by atoms with Crippen LogP contribution in [0.3, 0.4) is 0 Å². The van der Waals surface area contributed by atoms with Gasteiger partial charge in [-0.2, -0.15) is 4.68 Å². The lowest BCUT2D eigenvalue weighted by Crippen LogP contribution is -2.06. The van der Waals surface area contributed by atoms with E-state index in [1.807, 2.05) is 48.5 Å². The van der Waals surface area contributed by atoms with E-state index in [2.05, 4.69) is 21.4 Å². The van der Waals surface area contributed by atoms with Gasteiger partial charge in [-0.05, 0) is 23.6 Å². The van der Waals surface area contributed by atoms with Crippen LogP contribution in [0.25, 0.3) is 27.6 Å². The molecule has 4 aromatic rings. The van der Waals surface area contributed by atoms with Gasteiger partial charge in [0.15, 0.2) is 5.82 Å². The smallest absolute Gasteiger partial charge is 0.164 e. The number of nitrogens with two attached hydrogens (primary N) is 1. The summed E-state index contributed by atoms with van der Waals surface area (Å²) in [5, 5.41) is 10.6. The minimum absolute atomic E-state index is 0.393. The van der Waals surface area contributed by atoms with E-state index in [1.54, 1.807) is 4.68 Å². The molecule has 0 unspecified atom stereocenters. The maximum Gasteiger partial charge on any atom is 0.164 e. The van der Waals surface area contributed by atoms with Crippen LogP contribution in [0.15, 0.2) is 54.6 Å². The van der Waals surface area contributed by atoms with Crippen LogP contribution in [-0.2, 0) is 6.54 Å². The van der Waals surface area contributed by atoms with Crippen molar-refractivity contribution in [1.29, 1.82) is 0 Å². The molecule has 0 atom stereocenters. The van der Waals surface area contributed by atoms with Gasteiger partial charge in [0.1, 0.15) is 5.52 Å². The van der Waals surface area contributed by atoms with Crippen molar-refractivity contribution < 1.29 is 0 Å². The van der Waals surface area contributed by atoms with Crippen molar-refractivity contribution in [3.8, 4) is 5.82 Å². The van der Waals surface area contributed by atoms with E-state index in [9.17, 15) is 0 Å². The lowest BCUT2D eigenvalue weighted by Gasteiger charge is -2.08. The summed E-state index contributed by atoms with van der Waals surface area (Å²) >= 11 is 0. The molecule has 5 heteroatoms. The van der Waals surface area contributed by atoms with E-state index in [4.69, 9.17) is 5.73 Å². The summed E-state index contributed by atoms with van der Waals surface area (Å²) in [7, 11) is 0. The van der Waals surface area contributed by atoms with Gasteiger partial charge in [0.2, 0.25) is 0 Å². The molecule has 2 aromatic heterocycles. The van der Waals surface area contributed by atoms with Gasteiger partial charge in [0.05, 0.1) is 11.2 Å². The predicted octanol–water partition coefficient (Wildman–Crippen LogP) is 2.43. The van der Waals surface area contributed by atoms with Crippen molar-refractivity contribution in [2.75, 3.05) is 0 Å². The minimum atomic E-state index is 0.393. The van der Waals surface area contributed by atoms with Gasteiger partial charge in [0, 0.05) is 11.9 Å². The van der Waals surface area contributed by atoms with Crippen LogP contribution < -0.4 is 5.73 Å². The van der Waals surface area contributed by atoms with E-state index in [-0.39, 0.29) is 0 Å². The summed E-state index contributed by atoms with van der Waals surface area (Å²) in [6, 6.07) is 17.9. The largest absolute Gasteiger partial charge is 0.325 e. The molecule has 0 saturated heterocycles. The number of hydrogen-bond donors (Lipinski definition) is 1. The van der Waals surface area contributed by atoms with Gasteiger partial charge < -0.3 is 5.73 Å². The Hall–Kier alpha value is -2.79. The fourth-order valence-corrected chi connectivity index (χ4v) is 2.53. The second kappa shape index (κ2) is 4.64. The number of nitrogens with zero attached hydrogens (tertiary/aromatic N) is 4. The Balaban J connectivity index is 2.09. The minimum Gasteiger partial charge on any atom is -0.325 e. The van der Waals surface area contributed by atoms with Crippen LogP contribution in [0.4, 0.5) is 0 Å². The fourth-order valence-electron chi connectivity index (χ4n) is 2.53. The lowest BCUT2D eigenvalue weighted by molar-refractivity contribution is 0.799. The highest BCUT2D eigenvalue weighted by atomic mass is 15.4. The highest BCUT2D eigenvalue weighted by Crippen LogP contribution is 2.23. The van der Waals surface area contributed by atoms with Gasteiger partial charge in [-0.25, -0.2) is 4.98 Å². The number of fused-ring (bicyclic) bond motifs is 2. The number of aromatic nitrogens is 4. The second-order valence-corrected chi connectivity index (χ2v) is 4.85. The predicted molar refractivity (Wildman–Crippen MR) is 82.1 cm³/mol. The van der Waals surface area contributed by atoms with Gasteiger partial charge in [-0.3, -0.25) is 0 Å². The van der Waals surface area contributed by atoms with Crippen LogP contribution in [-0.4, -0.2) is 20.0 Å². The van der Waals surface area contributed by atoms with Crippen molar-refractivity contribution >= 4 is 21.8 Å². The van der Waals surface area contributed by atoms with Crippen molar-refractivity contribution in [1.82, 2.24) is 20.0 Å². The third kappa shape index (κ3) is 1.86. The Morgan fingerprint density at radius 3 is 2.71 bits per heavy atom. The van der Waals surface area contributed by atoms with Crippen molar-refractivity contribution in [2.45, 2.75) is 6.54 Å². The van der Waals surface area contributed by atoms with E-state index in [1.165, 1.54) is 0 Å². The molecule has 0 fully saturated rings. The molecule has 2 aromatic carbocycles. The SMILES string of the molecule is NCc1cc2ccccc2c(-n2nnc3ccccc32)n1. The monoisotopic (exact) mass is 275 g/mol. The van der Waals surface area contributed by atoms with Crippen LogP contribution in [0.1, 0.15) is 5.69 Å². The maximum atomic E-state index is 5.77. The summed E-state index contributed by atoms with van der Waals surface area (Å²) in [5.74, 6) is 0.766. The van der Waals surface area contributed by atoms with E-state index < -0.39 is 0 Å². The number of benzene rings is 2. The molecule has 0 spiro atoms. The fraction of sp³-hybridized carbons (Fsp3) is 0.0625.